The Morgan fingerprint density at radius 1 is 1.12 bits per heavy atom. The lowest BCUT2D eigenvalue weighted by Crippen LogP contribution is -2.43. The molecule has 7 heteroatoms. The minimum absolute atomic E-state index is 0. The zero-order valence-corrected chi connectivity index (χ0v) is 17.9. The molecule has 0 fully saturated rings. The summed E-state index contributed by atoms with van der Waals surface area (Å²) in [6, 6.07) is 6.64. The largest absolute Gasteiger partial charge is 0.382 e. The number of benzene rings is 1. The van der Waals surface area contributed by atoms with Crippen LogP contribution in [-0.2, 0) is 14.9 Å². The molecule has 0 aliphatic heterocycles. The van der Waals surface area contributed by atoms with Gasteiger partial charge in [0.2, 0.25) is 0 Å². The second-order valence-electron chi connectivity index (χ2n) is 6.20. The highest BCUT2D eigenvalue weighted by atomic mass is 127. The van der Waals surface area contributed by atoms with Crippen molar-refractivity contribution in [3.63, 3.8) is 0 Å². The van der Waals surface area contributed by atoms with Gasteiger partial charge in [0.05, 0.1) is 13.2 Å². The zero-order valence-electron chi connectivity index (χ0n) is 15.6. The summed E-state index contributed by atoms with van der Waals surface area (Å²) in [5.74, 6) is 0.537. The quantitative estimate of drug-likeness (QED) is 0.241. The molecule has 144 valence electrons. The molecule has 0 aromatic heterocycles. The van der Waals surface area contributed by atoms with Crippen molar-refractivity contribution in [1.82, 2.24) is 10.6 Å². The topological polar surface area (TPSA) is 54.9 Å². The second kappa shape index (κ2) is 13.3. The van der Waals surface area contributed by atoms with E-state index in [4.69, 9.17) is 9.47 Å². The van der Waals surface area contributed by atoms with Crippen molar-refractivity contribution in [3.05, 3.63) is 35.6 Å². The van der Waals surface area contributed by atoms with Crippen LogP contribution in [0.25, 0.3) is 0 Å². The Balaban J connectivity index is 0.00000576. The Bertz CT molecular complexity index is 496. The molecule has 1 aromatic rings. The molecule has 0 unspecified atom stereocenters. The van der Waals surface area contributed by atoms with Crippen molar-refractivity contribution in [2.75, 3.05) is 47.1 Å². The van der Waals surface area contributed by atoms with Crippen LogP contribution in [0.3, 0.4) is 0 Å². The molecule has 0 saturated carbocycles. The summed E-state index contributed by atoms with van der Waals surface area (Å²) in [5.41, 5.74) is 0.951. The van der Waals surface area contributed by atoms with Gasteiger partial charge in [0.25, 0.3) is 0 Å². The van der Waals surface area contributed by atoms with Gasteiger partial charge in [-0.3, -0.25) is 4.99 Å². The predicted octanol–water partition coefficient (Wildman–Crippen LogP) is 2.94. The van der Waals surface area contributed by atoms with Gasteiger partial charge in [-0.25, -0.2) is 4.39 Å². The number of ether oxygens (including phenoxy) is 2. The average molecular weight is 467 g/mol. The van der Waals surface area contributed by atoms with Crippen molar-refractivity contribution >= 4 is 29.9 Å². The number of nitrogens with one attached hydrogen (secondary N) is 2. The van der Waals surface area contributed by atoms with Crippen LogP contribution >= 0.6 is 24.0 Å². The van der Waals surface area contributed by atoms with Crippen LogP contribution in [0.15, 0.2) is 29.3 Å². The molecule has 25 heavy (non-hydrogen) atoms. The van der Waals surface area contributed by atoms with E-state index in [0.717, 1.165) is 24.5 Å². The van der Waals surface area contributed by atoms with Crippen LogP contribution in [0.5, 0.6) is 0 Å². The molecule has 0 aliphatic carbocycles. The highest BCUT2D eigenvalue weighted by Crippen LogP contribution is 2.22. The second-order valence-corrected chi connectivity index (χ2v) is 6.20. The molecule has 1 rings (SSSR count). The molecule has 0 spiro atoms. The first-order chi connectivity index (χ1) is 11.5. The van der Waals surface area contributed by atoms with Crippen LogP contribution < -0.4 is 10.6 Å². The fourth-order valence-electron chi connectivity index (χ4n) is 2.15. The summed E-state index contributed by atoms with van der Waals surface area (Å²) >= 11 is 0. The van der Waals surface area contributed by atoms with Crippen molar-refractivity contribution < 1.29 is 13.9 Å². The van der Waals surface area contributed by atoms with Gasteiger partial charge >= 0.3 is 0 Å². The number of hydrogen-bond donors (Lipinski definition) is 2. The first-order valence-corrected chi connectivity index (χ1v) is 8.27. The van der Waals surface area contributed by atoms with E-state index in [1.807, 2.05) is 12.1 Å². The van der Waals surface area contributed by atoms with Crippen LogP contribution in [0.2, 0.25) is 0 Å². The number of halogens is 2. The minimum Gasteiger partial charge on any atom is -0.382 e. The van der Waals surface area contributed by atoms with E-state index in [1.165, 1.54) is 12.1 Å². The van der Waals surface area contributed by atoms with Crippen LogP contribution in [0.1, 0.15) is 25.8 Å². The fourth-order valence-corrected chi connectivity index (χ4v) is 2.15. The Morgan fingerprint density at radius 2 is 1.80 bits per heavy atom. The molecule has 0 heterocycles. The number of methoxy groups -OCH3 is 1. The summed E-state index contributed by atoms with van der Waals surface area (Å²) in [6.45, 7) is 7.64. The predicted molar refractivity (Wildman–Crippen MR) is 112 cm³/mol. The summed E-state index contributed by atoms with van der Waals surface area (Å²) in [5, 5.41) is 6.58. The Morgan fingerprint density at radius 3 is 2.40 bits per heavy atom. The first-order valence-electron chi connectivity index (χ1n) is 8.27. The molecule has 1 aromatic carbocycles. The number of nitrogens with zero attached hydrogens (tertiary/aromatic N) is 1. The summed E-state index contributed by atoms with van der Waals surface area (Å²) in [7, 11) is 3.41. The van der Waals surface area contributed by atoms with E-state index in [0.29, 0.717) is 26.4 Å². The van der Waals surface area contributed by atoms with Gasteiger partial charge < -0.3 is 20.1 Å². The van der Waals surface area contributed by atoms with Gasteiger partial charge in [-0.1, -0.05) is 26.0 Å². The molecule has 0 amide bonds. The van der Waals surface area contributed by atoms with E-state index in [9.17, 15) is 4.39 Å². The van der Waals surface area contributed by atoms with Crippen molar-refractivity contribution in [2.24, 2.45) is 4.99 Å². The molecule has 2 N–H and O–H groups in total. The summed E-state index contributed by atoms with van der Waals surface area (Å²) in [6.07, 6.45) is 0.895. The molecule has 0 aliphatic rings. The average Bonchev–Trinajstić information content (AvgIpc) is 2.57. The molecule has 5 nitrogen and oxygen atoms in total. The van der Waals surface area contributed by atoms with Crippen LogP contribution in [0.4, 0.5) is 4.39 Å². The van der Waals surface area contributed by atoms with E-state index in [1.54, 1.807) is 14.2 Å². The molecular formula is C18H31FIN3O2. The molecular weight excluding hydrogens is 436 g/mol. The van der Waals surface area contributed by atoms with E-state index < -0.39 is 0 Å². The first kappa shape index (κ1) is 24.1. The third-order valence-corrected chi connectivity index (χ3v) is 3.74. The van der Waals surface area contributed by atoms with E-state index in [2.05, 4.69) is 29.5 Å². The van der Waals surface area contributed by atoms with Gasteiger partial charge in [-0.2, -0.15) is 0 Å². The van der Waals surface area contributed by atoms with Crippen LogP contribution in [0, 0.1) is 5.82 Å². The third kappa shape index (κ3) is 9.96. The molecule has 0 saturated heterocycles. The van der Waals surface area contributed by atoms with Crippen molar-refractivity contribution in [1.29, 1.82) is 0 Å². The Kier molecular flexibility index (Phi) is 12.8. The van der Waals surface area contributed by atoms with Crippen molar-refractivity contribution in [3.8, 4) is 0 Å². The Hall–Kier alpha value is -0.930. The van der Waals surface area contributed by atoms with Gasteiger partial charge in [0.1, 0.15) is 5.82 Å². The molecule has 0 atom stereocenters. The highest BCUT2D eigenvalue weighted by molar-refractivity contribution is 14.0. The van der Waals surface area contributed by atoms with Gasteiger partial charge in [-0.05, 0) is 24.1 Å². The highest BCUT2D eigenvalue weighted by Gasteiger charge is 2.20. The lowest BCUT2D eigenvalue weighted by molar-refractivity contribution is 0.0698. The Labute approximate surface area is 167 Å². The van der Waals surface area contributed by atoms with Crippen LogP contribution in [-0.4, -0.2) is 53.0 Å². The lowest BCUT2D eigenvalue weighted by Gasteiger charge is -2.26. The monoisotopic (exact) mass is 467 g/mol. The number of hydrogen-bond acceptors (Lipinski definition) is 3. The summed E-state index contributed by atoms with van der Waals surface area (Å²) in [4.78, 5) is 4.22. The van der Waals surface area contributed by atoms with Gasteiger partial charge in [-0.15, -0.1) is 24.0 Å². The van der Waals surface area contributed by atoms with E-state index >= 15 is 0 Å². The van der Waals surface area contributed by atoms with Crippen molar-refractivity contribution in [2.45, 2.75) is 25.7 Å². The summed E-state index contributed by atoms with van der Waals surface area (Å²) < 4.78 is 23.4. The van der Waals surface area contributed by atoms with E-state index in [-0.39, 0.29) is 35.2 Å². The van der Waals surface area contributed by atoms with Gasteiger partial charge in [0, 0.05) is 39.3 Å². The van der Waals surface area contributed by atoms with Gasteiger partial charge in [0.15, 0.2) is 5.96 Å². The fraction of sp³-hybridized carbons (Fsp3) is 0.611. The maximum Gasteiger partial charge on any atom is 0.191 e. The lowest BCUT2D eigenvalue weighted by atomic mass is 9.84. The molecule has 0 radical (unpaired) electrons. The number of guanidine groups is 1. The third-order valence-electron chi connectivity index (χ3n) is 3.74. The number of aliphatic imine (C=N–C) groups is 1. The standard InChI is InChI=1S/C18H30FN3O2.HI/c1-18(2,15-6-8-16(19)9-7-15)14-22-17(20-3)21-10-5-11-24-13-12-23-4;/h6-9H,5,10-14H2,1-4H3,(H2,20,21,22);1H. The maximum absolute atomic E-state index is 13.1. The smallest absolute Gasteiger partial charge is 0.191 e. The zero-order chi connectivity index (χ0) is 17.8. The maximum atomic E-state index is 13.1. The minimum atomic E-state index is -0.215. The molecule has 0 bridgehead atoms. The number of rotatable bonds is 10. The normalized spacial score (nSPS) is 11.8. The SMILES string of the molecule is CN=C(NCCCOCCOC)NCC(C)(C)c1ccc(F)cc1.I.